The van der Waals surface area contributed by atoms with Gasteiger partial charge >= 0.3 is 26.2 Å². The van der Waals surface area contributed by atoms with E-state index in [0.29, 0.717) is 0 Å². The summed E-state index contributed by atoms with van der Waals surface area (Å²) in [5, 5.41) is 0. The van der Waals surface area contributed by atoms with Crippen LogP contribution in [0.4, 0.5) is 0 Å². The van der Waals surface area contributed by atoms with Crippen molar-refractivity contribution in [1.82, 2.24) is 0 Å². The zero-order valence-corrected chi connectivity index (χ0v) is 23.8. The third kappa shape index (κ3) is 7.38. The van der Waals surface area contributed by atoms with Gasteiger partial charge in [0, 0.05) is 0 Å². The molecule has 0 spiro atoms. The Morgan fingerprint density at radius 2 is 1.42 bits per heavy atom. The normalized spacial score (nSPS) is 11.6. The summed E-state index contributed by atoms with van der Waals surface area (Å²) in [5.41, 5.74) is 10.1. The van der Waals surface area contributed by atoms with Crippen molar-refractivity contribution in [3.8, 4) is 11.1 Å². The summed E-state index contributed by atoms with van der Waals surface area (Å²) in [6.07, 6.45) is 2.19. The van der Waals surface area contributed by atoms with Crippen molar-refractivity contribution in [2.24, 2.45) is 0 Å². The van der Waals surface area contributed by atoms with Gasteiger partial charge in [0.05, 0.1) is 0 Å². The standard InChI is InChI=1S/C21H25.C7H9.2ClH.Zr/c1-20(2,3)16-7-9-18-14(12-16)11-15-13-17(21(4,5)6)8-10-19(15)18;1-2-7-5-3-4-6-7;;;/h7-10,12H,11H2,1-6H3;3-6H,2H2,1H3;2*1H;/q2*-1;;;+4/p-2. The molecule has 3 aromatic rings. The van der Waals surface area contributed by atoms with Crippen molar-refractivity contribution >= 4 is 0 Å². The van der Waals surface area contributed by atoms with Crippen molar-refractivity contribution in [3.63, 3.8) is 0 Å². The van der Waals surface area contributed by atoms with E-state index in [2.05, 4.69) is 109 Å². The van der Waals surface area contributed by atoms with Crippen molar-refractivity contribution in [2.75, 3.05) is 0 Å². The predicted octanol–water partition coefficient (Wildman–Crippen LogP) is 1.63. The molecule has 0 amide bonds. The minimum absolute atomic E-state index is 0. The summed E-state index contributed by atoms with van der Waals surface area (Å²) >= 11 is 0. The van der Waals surface area contributed by atoms with Crippen LogP contribution in [0.1, 0.15) is 76.3 Å². The third-order valence-electron chi connectivity index (χ3n) is 5.60. The van der Waals surface area contributed by atoms with E-state index >= 15 is 0 Å². The molecule has 164 valence electrons. The van der Waals surface area contributed by atoms with E-state index in [1.54, 1.807) is 0 Å². The number of hydrogen-bond acceptors (Lipinski definition) is 0. The number of halogens is 2. The van der Waals surface area contributed by atoms with Crippen LogP contribution in [-0.2, 0) is 49.9 Å². The number of rotatable bonds is 1. The molecule has 0 atom stereocenters. The fourth-order valence-electron chi connectivity index (χ4n) is 3.68. The minimum atomic E-state index is 0. The quantitative estimate of drug-likeness (QED) is 0.327. The largest absolute Gasteiger partial charge is 4.00 e. The second-order valence-corrected chi connectivity index (χ2v) is 9.96. The van der Waals surface area contributed by atoms with Crippen LogP contribution in [-0.4, -0.2) is 0 Å². The molecule has 0 bridgehead atoms. The molecule has 0 unspecified atom stereocenters. The van der Waals surface area contributed by atoms with Gasteiger partial charge in [-0.1, -0.05) is 78.6 Å². The van der Waals surface area contributed by atoms with Gasteiger partial charge < -0.3 is 24.8 Å². The molecule has 1 aliphatic carbocycles. The van der Waals surface area contributed by atoms with E-state index in [-0.39, 0.29) is 61.8 Å². The van der Waals surface area contributed by atoms with Crippen molar-refractivity contribution < 1.29 is 51.0 Å². The first kappa shape index (κ1) is 30.3. The Morgan fingerprint density at radius 1 is 0.839 bits per heavy atom. The molecule has 0 saturated carbocycles. The molecular weight excluding hydrogens is 498 g/mol. The van der Waals surface area contributed by atoms with Crippen molar-refractivity contribution in [3.05, 3.63) is 88.5 Å². The van der Waals surface area contributed by atoms with Crippen LogP contribution in [0.5, 0.6) is 0 Å². The second-order valence-electron chi connectivity index (χ2n) is 9.96. The Hall–Kier alpha value is -0.747. The van der Waals surface area contributed by atoms with Crippen LogP contribution in [0.2, 0.25) is 0 Å². The summed E-state index contributed by atoms with van der Waals surface area (Å²) in [4.78, 5) is 0. The maximum absolute atomic E-state index is 3.67. The molecule has 3 heteroatoms. The summed E-state index contributed by atoms with van der Waals surface area (Å²) < 4.78 is 0. The first-order valence-electron chi connectivity index (χ1n) is 10.5. The summed E-state index contributed by atoms with van der Waals surface area (Å²) in [6, 6.07) is 23.6. The minimum Gasteiger partial charge on any atom is -1.00 e. The second kappa shape index (κ2) is 11.9. The van der Waals surface area contributed by atoms with Gasteiger partial charge in [0.25, 0.3) is 0 Å². The molecule has 0 heterocycles. The molecule has 1 aliphatic rings. The predicted molar refractivity (Wildman–Crippen MR) is 122 cm³/mol. The Balaban J connectivity index is 0.000000777. The molecule has 0 saturated heterocycles. The number of aryl methyl sites for hydroxylation is 1. The van der Waals surface area contributed by atoms with Crippen LogP contribution in [0.15, 0.2) is 54.6 Å². The van der Waals surface area contributed by atoms with E-state index in [1.807, 2.05) is 0 Å². The first-order valence-corrected chi connectivity index (χ1v) is 10.5. The molecule has 0 fully saturated rings. The SMILES string of the molecule is CC(C)(C)c1[c-]c2c(cc1)-c1ccc(C(C)(C)C)cc1C2.CC[c-]1cccc1.[Cl-].[Cl-].[Zr+4]. The van der Waals surface area contributed by atoms with E-state index < -0.39 is 0 Å². The molecule has 4 rings (SSSR count). The van der Waals surface area contributed by atoms with E-state index in [4.69, 9.17) is 0 Å². The van der Waals surface area contributed by atoms with Crippen LogP contribution < -0.4 is 24.8 Å². The zero-order chi connectivity index (χ0) is 20.5. The van der Waals surface area contributed by atoms with Gasteiger partial charge in [-0.25, -0.2) is 12.1 Å². The molecule has 3 aromatic carbocycles. The van der Waals surface area contributed by atoms with Crippen LogP contribution in [0.25, 0.3) is 11.1 Å². The van der Waals surface area contributed by atoms with Crippen LogP contribution in [0, 0.1) is 6.07 Å². The van der Waals surface area contributed by atoms with Crippen molar-refractivity contribution in [2.45, 2.75) is 72.1 Å². The fourth-order valence-corrected chi connectivity index (χ4v) is 3.68. The van der Waals surface area contributed by atoms with E-state index in [1.165, 1.54) is 38.9 Å². The molecule has 0 radical (unpaired) electrons. The number of benzene rings is 2. The van der Waals surface area contributed by atoms with Gasteiger partial charge in [-0.3, -0.25) is 0 Å². The number of hydrogen-bond donors (Lipinski definition) is 0. The van der Waals surface area contributed by atoms with Crippen molar-refractivity contribution in [1.29, 1.82) is 0 Å². The third-order valence-corrected chi connectivity index (χ3v) is 5.60. The molecule has 0 nitrogen and oxygen atoms in total. The Bertz CT molecular complexity index is 881. The molecule has 31 heavy (non-hydrogen) atoms. The fraction of sp³-hybridized carbons (Fsp3) is 0.393. The van der Waals surface area contributed by atoms with Crippen LogP contribution in [0.3, 0.4) is 0 Å². The summed E-state index contributed by atoms with van der Waals surface area (Å²) in [5.74, 6) is 0. The van der Waals surface area contributed by atoms with Gasteiger partial charge in [0.15, 0.2) is 0 Å². The van der Waals surface area contributed by atoms with Crippen LogP contribution >= 0.6 is 0 Å². The zero-order valence-electron chi connectivity index (χ0n) is 19.9. The maximum Gasteiger partial charge on any atom is 4.00 e. The summed E-state index contributed by atoms with van der Waals surface area (Å²) in [6.45, 7) is 15.8. The van der Waals surface area contributed by atoms with Gasteiger partial charge in [-0.2, -0.15) is 41.5 Å². The average Bonchev–Trinajstić information content (AvgIpc) is 3.26. The topological polar surface area (TPSA) is 0 Å². The van der Waals surface area contributed by atoms with Gasteiger partial charge in [0.2, 0.25) is 0 Å². The van der Waals surface area contributed by atoms with Gasteiger partial charge in [-0.05, 0) is 28.4 Å². The maximum atomic E-state index is 3.67. The van der Waals surface area contributed by atoms with E-state index in [0.717, 1.165) is 12.8 Å². The molecule has 0 aliphatic heterocycles. The monoisotopic (exact) mass is 530 g/mol. The molecule has 0 aromatic heterocycles. The Labute approximate surface area is 221 Å². The smallest absolute Gasteiger partial charge is 1.00 e. The average molecular weight is 533 g/mol. The van der Waals surface area contributed by atoms with Gasteiger partial charge in [-0.15, -0.1) is 11.1 Å². The molecular formula is C28H34Cl2Zr. The Kier molecular flexibility index (Phi) is 11.6. The Morgan fingerprint density at radius 3 is 1.90 bits per heavy atom. The first-order chi connectivity index (χ1) is 13.1. The molecule has 0 N–H and O–H groups in total. The summed E-state index contributed by atoms with van der Waals surface area (Å²) in [7, 11) is 0. The van der Waals surface area contributed by atoms with E-state index in [9.17, 15) is 0 Å². The van der Waals surface area contributed by atoms with Gasteiger partial charge in [0.1, 0.15) is 0 Å². The number of fused-ring (bicyclic) bond motifs is 3.